The van der Waals surface area contributed by atoms with Crippen molar-refractivity contribution >= 4 is 5.91 Å². The van der Waals surface area contributed by atoms with E-state index in [9.17, 15) is 23.2 Å². The molecule has 0 saturated carbocycles. The van der Waals surface area contributed by atoms with E-state index in [0.717, 1.165) is 5.56 Å². The zero-order valence-electron chi connectivity index (χ0n) is 20.1. The Morgan fingerprint density at radius 2 is 2.03 bits per heavy atom. The van der Waals surface area contributed by atoms with Crippen LogP contribution >= 0.6 is 0 Å². The SMILES string of the molecule is COc1cc2c(cc1-c1nnn(C)n1)-c1c(CC(F)(F)F)cc(C(=O)N3CCC[C@]3(C)C#N)n1CC2. The van der Waals surface area contributed by atoms with Gasteiger partial charge in [-0.1, -0.05) is 0 Å². The van der Waals surface area contributed by atoms with Crippen molar-refractivity contribution in [3.8, 4) is 34.5 Å². The second-order valence-electron chi connectivity index (χ2n) is 9.36. The molecule has 0 unspecified atom stereocenters. The Bertz CT molecular complexity index is 1400. The van der Waals surface area contributed by atoms with E-state index >= 15 is 0 Å². The summed E-state index contributed by atoms with van der Waals surface area (Å²) in [4.78, 5) is 16.4. The highest BCUT2D eigenvalue weighted by atomic mass is 19.4. The highest BCUT2D eigenvalue weighted by molar-refractivity contribution is 5.96. The number of aryl methyl sites for hydroxylation is 2. The first kappa shape index (κ1) is 23.8. The third kappa shape index (κ3) is 3.88. The van der Waals surface area contributed by atoms with Crippen molar-refractivity contribution in [1.29, 1.82) is 5.26 Å². The summed E-state index contributed by atoms with van der Waals surface area (Å²) in [7, 11) is 3.11. The molecule has 12 heteroatoms. The van der Waals surface area contributed by atoms with Crippen LogP contribution in [-0.2, 0) is 26.4 Å². The Morgan fingerprint density at radius 1 is 1.25 bits per heavy atom. The second-order valence-corrected chi connectivity index (χ2v) is 9.36. The minimum atomic E-state index is -4.48. The number of likely N-dealkylation sites (tertiary alicyclic amines) is 1. The van der Waals surface area contributed by atoms with Crippen LogP contribution in [-0.4, -0.2) is 61.0 Å². The number of hydrogen-bond acceptors (Lipinski definition) is 6. The van der Waals surface area contributed by atoms with Gasteiger partial charge in [0.05, 0.1) is 37.9 Å². The van der Waals surface area contributed by atoms with Crippen LogP contribution in [0.1, 0.15) is 41.4 Å². The van der Waals surface area contributed by atoms with Gasteiger partial charge >= 0.3 is 6.18 Å². The second kappa shape index (κ2) is 8.36. The molecule has 0 radical (unpaired) electrons. The summed E-state index contributed by atoms with van der Waals surface area (Å²) >= 11 is 0. The number of hydrogen-bond donors (Lipinski definition) is 0. The van der Waals surface area contributed by atoms with Crippen molar-refractivity contribution in [2.75, 3.05) is 13.7 Å². The number of nitrogens with zero attached hydrogens (tertiary/aromatic N) is 7. The molecule has 5 rings (SSSR count). The number of carbonyl (C=O) groups is 1. The number of alkyl halides is 3. The number of benzene rings is 1. The average Bonchev–Trinajstić information content (AvgIpc) is 3.54. The van der Waals surface area contributed by atoms with Crippen molar-refractivity contribution in [2.24, 2.45) is 7.05 Å². The molecule has 1 aromatic carbocycles. The molecule has 2 aliphatic rings. The predicted molar refractivity (Wildman–Crippen MR) is 122 cm³/mol. The molecule has 2 aliphatic heterocycles. The first-order valence-corrected chi connectivity index (χ1v) is 11.5. The largest absolute Gasteiger partial charge is 0.496 e. The maximum atomic E-state index is 13.6. The van der Waals surface area contributed by atoms with Crippen LogP contribution in [0.4, 0.5) is 13.2 Å². The molecular weight excluding hydrogens is 475 g/mol. The van der Waals surface area contributed by atoms with Crippen LogP contribution in [0, 0.1) is 11.3 Å². The van der Waals surface area contributed by atoms with Gasteiger partial charge < -0.3 is 14.2 Å². The van der Waals surface area contributed by atoms with Crippen molar-refractivity contribution in [3.05, 3.63) is 35.0 Å². The van der Waals surface area contributed by atoms with Gasteiger partial charge in [0, 0.05) is 18.7 Å². The van der Waals surface area contributed by atoms with Gasteiger partial charge in [-0.15, -0.1) is 10.2 Å². The molecule has 1 amide bonds. The highest BCUT2D eigenvalue weighted by Gasteiger charge is 2.42. The molecule has 36 heavy (non-hydrogen) atoms. The molecule has 4 heterocycles. The molecule has 0 N–H and O–H groups in total. The van der Waals surface area contributed by atoms with Crippen molar-refractivity contribution in [1.82, 2.24) is 29.7 Å². The van der Waals surface area contributed by atoms with Crippen LogP contribution < -0.4 is 4.74 Å². The molecule has 3 aromatic rings. The monoisotopic (exact) mass is 499 g/mol. The van der Waals surface area contributed by atoms with Gasteiger partial charge in [-0.05, 0) is 60.7 Å². The van der Waals surface area contributed by atoms with Crippen LogP contribution in [0.5, 0.6) is 5.75 Å². The number of ether oxygens (including phenoxy) is 1. The van der Waals surface area contributed by atoms with Gasteiger partial charge in [0.2, 0.25) is 5.82 Å². The molecule has 1 fully saturated rings. The third-order valence-corrected chi connectivity index (χ3v) is 6.95. The smallest absolute Gasteiger partial charge is 0.393 e. The van der Waals surface area contributed by atoms with E-state index in [1.165, 1.54) is 22.9 Å². The summed E-state index contributed by atoms with van der Waals surface area (Å²) in [6.45, 7) is 2.40. The predicted octanol–water partition coefficient (Wildman–Crippen LogP) is 3.53. The van der Waals surface area contributed by atoms with Crippen LogP contribution in [0.15, 0.2) is 18.2 Å². The molecule has 1 saturated heterocycles. The fourth-order valence-corrected chi connectivity index (χ4v) is 5.24. The zero-order valence-corrected chi connectivity index (χ0v) is 20.1. The van der Waals surface area contributed by atoms with Crippen molar-refractivity contribution in [2.45, 2.75) is 50.9 Å². The Kier molecular flexibility index (Phi) is 5.54. The molecule has 0 aliphatic carbocycles. The Balaban J connectivity index is 1.69. The molecular formula is C24H24F3N7O2. The standard InChI is InChI=1S/C24H24F3N7O2/c1-23(13-28)6-4-7-34(23)22(35)18-9-15(12-24(25,26)27)20-16-11-17(21-29-31-32(2)30-21)19(36-3)10-14(16)5-8-33(18)20/h9-11H,4-8,12H2,1-3H3/t23-/m1/s1. The lowest BCUT2D eigenvalue weighted by atomic mass is 9.92. The normalized spacial score (nSPS) is 19.1. The van der Waals surface area contributed by atoms with Crippen molar-refractivity contribution < 1.29 is 22.7 Å². The molecule has 0 spiro atoms. The number of fused-ring (bicyclic) bond motifs is 3. The van der Waals surface area contributed by atoms with E-state index in [4.69, 9.17) is 4.74 Å². The Hall–Kier alpha value is -3.88. The first-order valence-electron chi connectivity index (χ1n) is 11.5. The summed E-state index contributed by atoms with van der Waals surface area (Å²) in [5.74, 6) is 0.327. The van der Waals surface area contributed by atoms with Gasteiger partial charge in [-0.25, -0.2) is 0 Å². The van der Waals surface area contributed by atoms with Crippen LogP contribution in [0.25, 0.3) is 22.6 Å². The quantitative estimate of drug-likeness (QED) is 0.544. The maximum absolute atomic E-state index is 13.6. The number of methoxy groups -OCH3 is 1. The number of carbonyl (C=O) groups excluding carboxylic acids is 1. The lowest BCUT2D eigenvalue weighted by molar-refractivity contribution is -0.127. The number of nitriles is 1. The van der Waals surface area contributed by atoms with Crippen LogP contribution in [0.2, 0.25) is 0 Å². The van der Waals surface area contributed by atoms with E-state index < -0.39 is 24.0 Å². The zero-order chi connectivity index (χ0) is 25.8. The number of rotatable bonds is 4. The van der Waals surface area contributed by atoms with E-state index in [1.807, 2.05) is 0 Å². The van der Waals surface area contributed by atoms with E-state index in [1.54, 1.807) is 30.7 Å². The number of tetrazole rings is 1. The van der Waals surface area contributed by atoms with Gasteiger partial charge in [-0.3, -0.25) is 4.79 Å². The minimum absolute atomic E-state index is 0.00730. The summed E-state index contributed by atoms with van der Waals surface area (Å²) in [5, 5.41) is 21.8. The van der Waals surface area contributed by atoms with Gasteiger partial charge in [0.25, 0.3) is 5.91 Å². The van der Waals surface area contributed by atoms with Gasteiger partial charge in [-0.2, -0.15) is 23.2 Å². The Labute approximate surface area is 205 Å². The number of aromatic nitrogens is 5. The fraction of sp³-hybridized carbons (Fsp3) is 0.458. The maximum Gasteiger partial charge on any atom is 0.393 e. The molecule has 0 bridgehead atoms. The summed E-state index contributed by atoms with van der Waals surface area (Å²) in [6.07, 6.45) is -3.99. The lowest BCUT2D eigenvalue weighted by Gasteiger charge is -2.30. The summed E-state index contributed by atoms with van der Waals surface area (Å²) in [5.41, 5.74) is 1.37. The summed E-state index contributed by atoms with van der Waals surface area (Å²) in [6, 6.07) is 7.03. The third-order valence-electron chi connectivity index (χ3n) is 6.95. The highest BCUT2D eigenvalue weighted by Crippen LogP contribution is 2.43. The van der Waals surface area contributed by atoms with E-state index in [0.29, 0.717) is 54.9 Å². The average molecular weight is 499 g/mol. The topological polar surface area (TPSA) is 102 Å². The minimum Gasteiger partial charge on any atom is -0.496 e. The van der Waals surface area contributed by atoms with E-state index in [-0.39, 0.29) is 17.1 Å². The van der Waals surface area contributed by atoms with Crippen LogP contribution in [0.3, 0.4) is 0 Å². The number of halogens is 3. The van der Waals surface area contributed by atoms with E-state index in [2.05, 4.69) is 21.5 Å². The van der Waals surface area contributed by atoms with Gasteiger partial charge in [0.15, 0.2) is 0 Å². The fourth-order valence-electron chi connectivity index (χ4n) is 5.24. The molecule has 2 aromatic heterocycles. The Morgan fingerprint density at radius 3 is 2.67 bits per heavy atom. The summed E-state index contributed by atoms with van der Waals surface area (Å²) < 4.78 is 48.1. The first-order chi connectivity index (χ1) is 17.0. The molecule has 1 atom stereocenters. The molecule has 9 nitrogen and oxygen atoms in total. The molecule has 188 valence electrons. The lowest BCUT2D eigenvalue weighted by Crippen LogP contribution is -2.44. The van der Waals surface area contributed by atoms with Crippen molar-refractivity contribution in [3.63, 3.8) is 0 Å². The number of amides is 1. The van der Waals surface area contributed by atoms with Gasteiger partial charge in [0.1, 0.15) is 17.0 Å².